The summed E-state index contributed by atoms with van der Waals surface area (Å²) in [5.74, 6) is -1.56. The van der Waals surface area contributed by atoms with E-state index in [4.69, 9.17) is 17.3 Å². The lowest BCUT2D eigenvalue weighted by Gasteiger charge is -2.06. The molecule has 0 fully saturated rings. The molecular formula is C14H10ClF2NO. The Morgan fingerprint density at radius 1 is 1.16 bits per heavy atom. The van der Waals surface area contributed by atoms with E-state index in [-0.39, 0.29) is 23.2 Å². The maximum absolute atomic E-state index is 13.5. The maximum atomic E-state index is 13.5. The minimum Gasteiger partial charge on any atom is -0.398 e. The van der Waals surface area contributed by atoms with Gasteiger partial charge in [0.15, 0.2) is 5.78 Å². The van der Waals surface area contributed by atoms with E-state index in [1.807, 2.05) is 0 Å². The molecule has 0 heterocycles. The van der Waals surface area contributed by atoms with Gasteiger partial charge >= 0.3 is 0 Å². The van der Waals surface area contributed by atoms with Crippen LogP contribution in [0.25, 0.3) is 0 Å². The van der Waals surface area contributed by atoms with Crippen molar-refractivity contribution in [3.05, 3.63) is 64.2 Å². The van der Waals surface area contributed by atoms with Gasteiger partial charge in [-0.3, -0.25) is 4.79 Å². The van der Waals surface area contributed by atoms with E-state index in [9.17, 15) is 13.6 Å². The average molecular weight is 282 g/mol. The number of hydrogen-bond donors (Lipinski definition) is 1. The smallest absolute Gasteiger partial charge is 0.169 e. The first-order chi connectivity index (χ1) is 8.97. The molecule has 0 atom stereocenters. The molecule has 2 aromatic rings. The molecule has 2 nitrogen and oxygen atoms in total. The number of ketones is 1. The lowest BCUT2D eigenvalue weighted by Crippen LogP contribution is -2.08. The summed E-state index contributed by atoms with van der Waals surface area (Å²) in [5, 5.41) is 0.330. The molecule has 0 unspecified atom stereocenters. The highest BCUT2D eigenvalue weighted by atomic mass is 35.5. The lowest BCUT2D eigenvalue weighted by atomic mass is 10.0. The summed E-state index contributed by atoms with van der Waals surface area (Å²) in [4.78, 5) is 12.0. The second-order valence-corrected chi connectivity index (χ2v) is 4.50. The monoisotopic (exact) mass is 281 g/mol. The van der Waals surface area contributed by atoms with Crippen LogP contribution in [0.1, 0.15) is 15.9 Å². The summed E-state index contributed by atoms with van der Waals surface area (Å²) in [6, 6.07) is 7.44. The molecule has 98 valence electrons. The maximum Gasteiger partial charge on any atom is 0.169 e. The summed E-state index contributed by atoms with van der Waals surface area (Å²) in [7, 11) is 0. The number of Topliss-reactive ketones (excluding diaryl/α,β-unsaturated/α-hetero) is 1. The van der Waals surface area contributed by atoms with Crippen LogP contribution in [0.5, 0.6) is 0 Å². The third-order valence-corrected chi connectivity index (χ3v) is 2.91. The number of benzene rings is 2. The lowest BCUT2D eigenvalue weighted by molar-refractivity contribution is 0.0992. The second kappa shape index (κ2) is 5.36. The number of halogens is 3. The molecule has 0 aliphatic carbocycles. The van der Waals surface area contributed by atoms with Gasteiger partial charge < -0.3 is 5.73 Å². The van der Waals surface area contributed by atoms with Crippen LogP contribution in [0.3, 0.4) is 0 Å². The SMILES string of the molecule is Nc1ccc(F)cc1C(=O)Cc1cc(Cl)ccc1F. The summed E-state index contributed by atoms with van der Waals surface area (Å²) in [6.45, 7) is 0. The van der Waals surface area contributed by atoms with Crippen molar-refractivity contribution in [1.29, 1.82) is 0 Å². The fourth-order valence-corrected chi connectivity index (χ4v) is 1.91. The summed E-state index contributed by atoms with van der Waals surface area (Å²) in [6.07, 6.45) is -0.222. The fourth-order valence-electron chi connectivity index (χ4n) is 1.72. The van der Waals surface area contributed by atoms with Gasteiger partial charge in [-0.15, -0.1) is 0 Å². The number of rotatable bonds is 3. The Bertz CT molecular complexity index is 643. The molecule has 0 spiro atoms. The Hall–Kier alpha value is -1.94. The van der Waals surface area contributed by atoms with E-state index in [0.717, 1.165) is 12.1 Å². The zero-order chi connectivity index (χ0) is 14.0. The molecule has 0 saturated heterocycles. The van der Waals surface area contributed by atoms with Crippen molar-refractivity contribution in [2.75, 3.05) is 5.73 Å². The van der Waals surface area contributed by atoms with Gasteiger partial charge in [-0.25, -0.2) is 8.78 Å². The predicted molar refractivity (Wildman–Crippen MR) is 70.3 cm³/mol. The van der Waals surface area contributed by atoms with Crippen molar-refractivity contribution >= 4 is 23.1 Å². The van der Waals surface area contributed by atoms with Crippen molar-refractivity contribution in [2.24, 2.45) is 0 Å². The Labute approximate surface area is 113 Å². The normalized spacial score (nSPS) is 10.5. The first kappa shape index (κ1) is 13.5. The number of carbonyl (C=O) groups excluding carboxylic acids is 1. The molecule has 0 aliphatic heterocycles. The fraction of sp³-hybridized carbons (Fsp3) is 0.0714. The van der Waals surface area contributed by atoms with E-state index < -0.39 is 17.4 Å². The van der Waals surface area contributed by atoms with Crippen LogP contribution >= 0.6 is 11.6 Å². The number of carbonyl (C=O) groups is 1. The van der Waals surface area contributed by atoms with Crippen molar-refractivity contribution < 1.29 is 13.6 Å². The van der Waals surface area contributed by atoms with Gasteiger partial charge in [0, 0.05) is 22.7 Å². The number of anilines is 1. The molecule has 2 N–H and O–H groups in total. The Kier molecular flexibility index (Phi) is 3.81. The molecule has 0 bridgehead atoms. The highest BCUT2D eigenvalue weighted by Crippen LogP contribution is 2.20. The Balaban J connectivity index is 2.30. The van der Waals surface area contributed by atoms with Crippen molar-refractivity contribution in [1.82, 2.24) is 0 Å². The zero-order valence-electron chi connectivity index (χ0n) is 9.79. The number of nitrogen functional groups attached to an aromatic ring is 1. The Morgan fingerprint density at radius 3 is 2.63 bits per heavy atom. The third-order valence-electron chi connectivity index (χ3n) is 2.67. The number of nitrogens with two attached hydrogens (primary N) is 1. The quantitative estimate of drug-likeness (QED) is 0.690. The van der Waals surface area contributed by atoms with E-state index in [0.29, 0.717) is 5.02 Å². The molecule has 19 heavy (non-hydrogen) atoms. The Morgan fingerprint density at radius 2 is 1.89 bits per heavy atom. The molecule has 2 aromatic carbocycles. The molecule has 5 heteroatoms. The van der Waals surface area contributed by atoms with Crippen LogP contribution < -0.4 is 5.73 Å². The predicted octanol–water partition coefficient (Wildman–Crippen LogP) is 3.63. The van der Waals surface area contributed by atoms with Gasteiger partial charge in [0.1, 0.15) is 11.6 Å². The highest BCUT2D eigenvalue weighted by Gasteiger charge is 2.14. The van der Waals surface area contributed by atoms with Gasteiger partial charge in [0.25, 0.3) is 0 Å². The van der Waals surface area contributed by atoms with Crippen molar-refractivity contribution in [2.45, 2.75) is 6.42 Å². The van der Waals surface area contributed by atoms with Crippen LogP contribution in [0, 0.1) is 11.6 Å². The molecular weight excluding hydrogens is 272 g/mol. The first-order valence-electron chi connectivity index (χ1n) is 5.49. The standard InChI is InChI=1S/C14H10ClF2NO/c15-9-1-3-12(17)8(5-9)6-14(19)11-7-10(16)2-4-13(11)18/h1-5,7H,6,18H2. The third kappa shape index (κ3) is 3.09. The van der Waals surface area contributed by atoms with Gasteiger partial charge in [-0.2, -0.15) is 0 Å². The summed E-state index contributed by atoms with van der Waals surface area (Å²) in [5.41, 5.74) is 5.96. The van der Waals surface area contributed by atoms with Gasteiger partial charge in [0.05, 0.1) is 0 Å². The minimum absolute atomic E-state index is 0.0411. The molecule has 2 rings (SSSR count). The van der Waals surface area contributed by atoms with E-state index in [2.05, 4.69) is 0 Å². The molecule has 0 aromatic heterocycles. The van der Waals surface area contributed by atoms with Crippen molar-refractivity contribution in [3.8, 4) is 0 Å². The van der Waals surface area contributed by atoms with Crippen LogP contribution in [0.15, 0.2) is 36.4 Å². The number of hydrogen-bond acceptors (Lipinski definition) is 2. The van der Waals surface area contributed by atoms with Gasteiger partial charge in [-0.05, 0) is 42.0 Å². The van der Waals surface area contributed by atoms with Crippen LogP contribution in [0.4, 0.5) is 14.5 Å². The van der Waals surface area contributed by atoms with Crippen molar-refractivity contribution in [3.63, 3.8) is 0 Å². The van der Waals surface area contributed by atoms with Crippen LogP contribution in [-0.4, -0.2) is 5.78 Å². The van der Waals surface area contributed by atoms with Gasteiger partial charge in [-0.1, -0.05) is 11.6 Å². The summed E-state index contributed by atoms with van der Waals surface area (Å²) < 4.78 is 26.6. The minimum atomic E-state index is -0.566. The molecule has 0 radical (unpaired) electrons. The van der Waals surface area contributed by atoms with E-state index >= 15 is 0 Å². The van der Waals surface area contributed by atoms with E-state index in [1.54, 1.807) is 0 Å². The first-order valence-corrected chi connectivity index (χ1v) is 5.87. The summed E-state index contributed by atoms with van der Waals surface area (Å²) >= 11 is 5.74. The zero-order valence-corrected chi connectivity index (χ0v) is 10.5. The molecule has 0 saturated carbocycles. The van der Waals surface area contributed by atoms with Crippen LogP contribution in [0.2, 0.25) is 5.02 Å². The highest BCUT2D eigenvalue weighted by molar-refractivity contribution is 6.30. The van der Waals surface area contributed by atoms with E-state index in [1.165, 1.54) is 24.3 Å². The largest absolute Gasteiger partial charge is 0.398 e. The van der Waals surface area contributed by atoms with Crippen LogP contribution in [-0.2, 0) is 6.42 Å². The topological polar surface area (TPSA) is 43.1 Å². The average Bonchev–Trinajstić information content (AvgIpc) is 2.36. The molecule has 0 amide bonds. The molecule has 0 aliphatic rings. The van der Waals surface area contributed by atoms with Gasteiger partial charge in [0.2, 0.25) is 0 Å². The second-order valence-electron chi connectivity index (χ2n) is 4.07.